The Labute approximate surface area is 179 Å². The summed E-state index contributed by atoms with van der Waals surface area (Å²) in [5.41, 5.74) is 4.66. The molecule has 3 aromatic rings. The molecule has 0 atom stereocenters. The van der Waals surface area contributed by atoms with E-state index in [1.54, 1.807) is 0 Å². The number of aryl methyl sites for hydroxylation is 1. The number of aldehydes is 1. The predicted octanol–water partition coefficient (Wildman–Crippen LogP) is 5.90. The molecule has 5 heteroatoms. The highest BCUT2D eigenvalue weighted by Gasteiger charge is 2.17. The van der Waals surface area contributed by atoms with Crippen LogP contribution < -0.4 is 5.32 Å². The van der Waals surface area contributed by atoms with Gasteiger partial charge in [0.1, 0.15) is 6.29 Å². The van der Waals surface area contributed by atoms with Crippen LogP contribution in [0.5, 0.6) is 0 Å². The fourth-order valence-corrected chi connectivity index (χ4v) is 3.60. The molecular weight excluding hydrogens is 428 g/mol. The number of aromatic nitrogens is 1. The molecule has 0 saturated heterocycles. The molecule has 0 unspecified atom stereocenters. The highest BCUT2D eigenvalue weighted by Crippen LogP contribution is 2.27. The molecule has 3 rings (SSSR count). The molecular formula is C24H25BrN2O2. The fraction of sp³-hybridized carbons (Fsp3) is 0.250. The number of rotatable bonds is 9. The third-order valence-electron chi connectivity index (χ3n) is 4.82. The van der Waals surface area contributed by atoms with E-state index in [9.17, 15) is 9.59 Å². The molecule has 0 saturated carbocycles. The van der Waals surface area contributed by atoms with Crippen molar-refractivity contribution in [3.63, 3.8) is 0 Å². The van der Waals surface area contributed by atoms with Crippen molar-refractivity contribution in [2.24, 2.45) is 0 Å². The first kappa shape index (κ1) is 21.1. The lowest BCUT2D eigenvalue weighted by Crippen LogP contribution is -2.24. The maximum atomic E-state index is 12.9. The van der Waals surface area contributed by atoms with Crippen molar-refractivity contribution in [3.05, 3.63) is 69.3 Å². The quantitative estimate of drug-likeness (QED) is 0.313. The monoisotopic (exact) mass is 452 g/mol. The number of hydrogen-bond donors (Lipinski definition) is 2. The molecule has 0 spiro atoms. The number of aromatic amines is 1. The zero-order valence-corrected chi connectivity index (χ0v) is 18.1. The number of fused-ring (bicyclic) bond motifs is 1. The van der Waals surface area contributed by atoms with Crippen LogP contribution in [-0.2, 0) is 4.79 Å². The van der Waals surface area contributed by atoms with Crippen molar-refractivity contribution in [1.29, 1.82) is 0 Å². The van der Waals surface area contributed by atoms with Crippen LogP contribution in [0.15, 0.2) is 46.9 Å². The van der Waals surface area contributed by atoms with Crippen molar-refractivity contribution in [3.8, 4) is 0 Å². The van der Waals surface area contributed by atoms with Gasteiger partial charge in [-0.05, 0) is 43.5 Å². The molecule has 1 aromatic heterocycles. The maximum Gasteiger partial charge on any atom is 0.254 e. The Morgan fingerprint density at radius 2 is 1.86 bits per heavy atom. The number of hydrogen-bond acceptors (Lipinski definition) is 2. The zero-order chi connectivity index (χ0) is 20.6. The summed E-state index contributed by atoms with van der Waals surface area (Å²) >= 11 is 3.49. The number of halogens is 1. The molecule has 1 amide bonds. The van der Waals surface area contributed by atoms with E-state index >= 15 is 0 Å². The Kier molecular flexibility index (Phi) is 7.42. The second-order valence-electron chi connectivity index (χ2n) is 7.12. The van der Waals surface area contributed by atoms with Crippen LogP contribution in [0, 0.1) is 6.92 Å². The van der Waals surface area contributed by atoms with Crippen LogP contribution in [0.3, 0.4) is 0 Å². The normalized spacial score (nSPS) is 11.2. The minimum absolute atomic E-state index is 0.0856. The second-order valence-corrected chi connectivity index (χ2v) is 8.04. The van der Waals surface area contributed by atoms with Gasteiger partial charge in [0.05, 0.1) is 11.3 Å². The van der Waals surface area contributed by atoms with E-state index in [1.807, 2.05) is 30.4 Å². The first-order chi connectivity index (χ1) is 14.1. The molecule has 0 fully saturated rings. The van der Waals surface area contributed by atoms with Crippen LogP contribution in [0.25, 0.3) is 23.1 Å². The van der Waals surface area contributed by atoms with E-state index in [-0.39, 0.29) is 5.91 Å². The fourth-order valence-electron chi connectivity index (χ4n) is 3.24. The largest absolute Gasteiger partial charge is 0.354 e. The highest BCUT2D eigenvalue weighted by atomic mass is 79.9. The highest BCUT2D eigenvalue weighted by molar-refractivity contribution is 9.10. The summed E-state index contributed by atoms with van der Waals surface area (Å²) in [5, 5.41) is 3.92. The van der Waals surface area contributed by atoms with Crippen LogP contribution in [0.4, 0.5) is 0 Å². The number of nitrogens with one attached hydrogen (secondary N) is 2. The van der Waals surface area contributed by atoms with Gasteiger partial charge in [0.15, 0.2) is 0 Å². The lowest BCUT2D eigenvalue weighted by molar-refractivity contribution is -0.107. The molecule has 150 valence electrons. The molecule has 0 aliphatic carbocycles. The van der Waals surface area contributed by atoms with Crippen LogP contribution in [0.1, 0.15) is 52.9 Å². The van der Waals surface area contributed by atoms with Gasteiger partial charge in [0.25, 0.3) is 5.91 Å². The van der Waals surface area contributed by atoms with E-state index in [2.05, 4.69) is 57.4 Å². The number of unbranched alkanes of at least 4 members (excludes halogenated alkanes) is 3. The molecule has 0 bridgehead atoms. The van der Waals surface area contributed by atoms with Crippen molar-refractivity contribution in [1.82, 2.24) is 10.3 Å². The van der Waals surface area contributed by atoms with E-state index in [0.717, 1.165) is 52.2 Å². The SMILES string of the molecule is Cc1ccc(/C=C/c2[nH]c3cc(Br)ccc3c2C(=O)NCCCCCC=O)cc1. The summed E-state index contributed by atoms with van der Waals surface area (Å²) in [7, 11) is 0. The van der Waals surface area contributed by atoms with Gasteiger partial charge < -0.3 is 15.1 Å². The Bertz CT molecular complexity index is 1020. The second kappa shape index (κ2) is 10.2. The topological polar surface area (TPSA) is 62.0 Å². The van der Waals surface area contributed by atoms with Crippen molar-refractivity contribution in [2.75, 3.05) is 6.54 Å². The minimum Gasteiger partial charge on any atom is -0.354 e. The Balaban J connectivity index is 1.81. The molecule has 4 nitrogen and oxygen atoms in total. The average molecular weight is 453 g/mol. The predicted molar refractivity (Wildman–Crippen MR) is 123 cm³/mol. The number of benzene rings is 2. The van der Waals surface area contributed by atoms with Crippen LogP contribution in [-0.4, -0.2) is 23.7 Å². The standard InChI is InChI=1S/C24H25BrN2O2/c1-17-6-8-18(9-7-17)10-13-21-23(20-12-11-19(25)16-22(20)27-21)24(29)26-14-4-2-3-5-15-28/h6-13,15-16,27H,2-5,14H2,1H3,(H,26,29)/b13-10+. The molecule has 2 N–H and O–H groups in total. The van der Waals surface area contributed by atoms with Crippen molar-refractivity contribution >= 4 is 51.2 Å². The average Bonchev–Trinajstić information content (AvgIpc) is 3.07. The summed E-state index contributed by atoms with van der Waals surface area (Å²) < 4.78 is 0.961. The van der Waals surface area contributed by atoms with Gasteiger partial charge in [0, 0.05) is 28.3 Å². The van der Waals surface area contributed by atoms with E-state index in [4.69, 9.17) is 0 Å². The van der Waals surface area contributed by atoms with Crippen LogP contribution in [0.2, 0.25) is 0 Å². The van der Waals surface area contributed by atoms with E-state index < -0.39 is 0 Å². The Morgan fingerprint density at radius 3 is 2.62 bits per heavy atom. The summed E-state index contributed by atoms with van der Waals surface area (Å²) in [6, 6.07) is 14.1. The summed E-state index contributed by atoms with van der Waals surface area (Å²) in [6.45, 7) is 2.66. The summed E-state index contributed by atoms with van der Waals surface area (Å²) in [6.07, 6.45) is 8.15. The molecule has 0 radical (unpaired) electrons. The molecule has 1 heterocycles. The molecule has 2 aromatic carbocycles. The van der Waals surface area contributed by atoms with Gasteiger partial charge in [0.2, 0.25) is 0 Å². The zero-order valence-electron chi connectivity index (χ0n) is 16.5. The van der Waals surface area contributed by atoms with Crippen LogP contribution >= 0.6 is 15.9 Å². The number of carbonyl (C=O) groups excluding carboxylic acids is 2. The minimum atomic E-state index is -0.0856. The number of carbonyl (C=O) groups is 2. The van der Waals surface area contributed by atoms with Gasteiger partial charge in [-0.2, -0.15) is 0 Å². The van der Waals surface area contributed by atoms with E-state index in [0.29, 0.717) is 18.5 Å². The van der Waals surface area contributed by atoms with Gasteiger partial charge in [-0.25, -0.2) is 0 Å². The maximum absolute atomic E-state index is 12.9. The van der Waals surface area contributed by atoms with Gasteiger partial charge in [-0.15, -0.1) is 0 Å². The molecule has 0 aliphatic rings. The lowest BCUT2D eigenvalue weighted by Gasteiger charge is -2.06. The number of amides is 1. The smallest absolute Gasteiger partial charge is 0.254 e. The van der Waals surface area contributed by atoms with Gasteiger partial charge in [-0.3, -0.25) is 4.79 Å². The lowest BCUT2D eigenvalue weighted by atomic mass is 10.1. The summed E-state index contributed by atoms with van der Waals surface area (Å²) in [5.74, 6) is -0.0856. The first-order valence-corrected chi connectivity index (χ1v) is 10.7. The summed E-state index contributed by atoms with van der Waals surface area (Å²) in [4.78, 5) is 26.7. The third-order valence-corrected chi connectivity index (χ3v) is 5.31. The third kappa shape index (κ3) is 5.67. The van der Waals surface area contributed by atoms with Crippen molar-refractivity contribution < 1.29 is 9.59 Å². The van der Waals surface area contributed by atoms with Gasteiger partial charge in [-0.1, -0.05) is 64.3 Å². The molecule has 29 heavy (non-hydrogen) atoms. The Hall–Kier alpha value is -2.66. The van der Waals surface area contributed by atoms with Crippen molar-refractivity contribution in [2.45, 2.75) is 32.6 Å². The molecule has 0 aliphatic heterocycles. The van der Waals surface area contributed by atoms with E-state index in [1.165, 1.54) is 5.56 Å². The number of H-pyrrole nitrogens is 1. The van der Waals surface area contributed by atoms with Gasteiger partial charge >= 0.3 is 0 Å². The Morgan fingerprint density at radius 1 is 1.07 bits per heavy atom. The first-order valence-electron chi connectivity index (χ1n) is 9.86.